The van der Waals surface area contributed by atoms with Crippen LogP contribution in [0.3, 0.4) is 0 Å². The van der Waals surface area contributed by atoms with Crippen molar-refractivity contribution in [3.05, 3.63) is 76.2 Å². The highest BCUT2D eigenvalue weighted by Crippen LogP contribution is 2.29. The first-order chi connectivity index (χ1) is 13.7. The molecule has 3 aromatic rings. The molecule has 0 unspecified atom stereocenters. The predicted molar refractivity (Wildman–Crippen MR) is 105 cm³/mol. The maximum absolute atomic E-state index is 14.0. The molecule has 2 N–H and O–H groups in total. The molecule has 0 aliphatic carbocycles. The minimum absolute atomic E-state index is 0.316. The van der Waals surface area contributed by atoms with Gasteiger partial charge in [0.15, 0.2) is 0 Å². The van der Waals surface area contributed by atoms with Gasteiger partial charge in [-0.05, 0) is 61.2 Å². The second-order valence-electron chi connectivity index (χ2n) is 6.84. The number of carbonyl (C=O) groups is 1. The summed E-state index contributed by atoms with van der Waals surface area (Å²) < 4.78 is 51.7. The molecule has 0 saturated heterocycles. The lowest BCUT2D eigenvalue weighted by molar-refractivity contribution is -0.137. The number of fused-ring (bicyclic) bond motifs is 1. The molecule has 3 rings (SSSR count). The van der Waals surface area contributed by atoms with Crippen LogP contribution in [0.5, 0.6) is 0 Å². The van der Waals surface area contributed by atoms with Crippen LogP contribution in [0.1, 0.15) is 27.9 Å². The molecule has 0 aliphatic heterocycles. The van der Waals surface area contributed by atoms with E-state index in [0.29, 0.717) is 24.0 Å². The maximum atomic E-state index is 14.0. The topological polar surface area (TPSA) is 44.9 Å². The van der Waals surface area contributed by atoms with Gasteiger partial charge in [-0.15, -0.1) is 0 Å². The van der Waals surface area contributed by atoms with Crippen LogP contribution in [0.4, 0.5) is 17.6 Å². The van der Waals surface area contributed by atoms with Crippen molar-refractivity contribution < 1.29 is 22.4 Å². The lowest BCUT2D eigenvalue weighted by atomic mass is 10.0. The van der Waals surface area contributed by atoms with Crippen molar-refractivity contribution in [3.63, 3.8) is 0 Å². The van der Waals surface area contributed by atoms with E-state index < -0.39 is 11.7 Å². The van der Waals surface area contributed by atoms with E-state index in [1.807, 2.05) is 13.8 Å². The normalized spacial score (nSPS) is 12.1. The largest absolute Gasteiger partial charge is 0.416 e. The molecule has 0 bridgehead atoms. The van der Waals surface area contributed by atoms with Gasteiger partial charge in [-0.3, -0.25) is 4.79 Å². The number of aryl methyl sites for hydroxylation is 2. The Morgan fingerprint density at radius 1 is 1.10 bits per heavy atom. The summed E-state index contributed by atoms with van der Waals surface area (Å²) in [5, 5.41) is 3.57. The number of hydrogen-bond donors (Lipinski definition) is 2. The number of nitrogens with one attached hydrogen (secondary N) is 2. The van der Waals surface area contributed by atoms with Crippen LogP contribution in [-0.2, 0) is 17.4 Å². The Kier molecular flexibility index (Phi) is 5.77. The SMILES string of the molecule is Cc1[nH]c2c(F)ccc(C)c2c1CCNC(=O)C=Cc1ccc(C(F)(F)F)cc1. The van der Waals surface area contributed by atoms with Crippen molar-refractivity contribution in [3.8, 4) is 0 Å². The first-order valence-corrected chi connectivity index (χ1v) is 9.06. The van der Waals surface area contributed by atoms with Gasteiger partial charge >= 0.3 is 6.18 Å². The summed E-state index contributed by atoms with van der Waals surface area (Å²) >= 11 is 0. The predicted octanol–water partition coefficient (Wildman–Crippen LogP) is 5.31. The Morgan fingerprint density at radius 3 is 2.45 bits per heavy atom. The van der Waals surface area contributed by atoms with E-state index in [9.17, 15) is 22.4 Å². The van der Waals surface area contributed by atoms with E-state index >= 15 is 0 Å². The smallest absolute Gasteiger partial charge is 0.356 e. The van der Waals surface area contributed by atoms with Crippen LogP contribution in [-0.4, -0.2) is 17.4 Å². The highest BCUT2D eigenvalue weighted by molar-refractivity contribution is 5.92. The van der Waals surface area contributed by atoms with Crippen molar-refractivity contribution in [2.75, 3.05) is 6.54 Å². The number of halogens is 4. The fourth-order valence-corrected chi connectivity index (χ4v) is 3.28. The summed E-state index contributed by atoms with van der Waals surface area (Å²) in [5.41, 5.74) is 2.97. The Balaban J connectivity index is 1.61. The molecule has 0 radical (unpaired) electrons. The fraction of sp³-hybridized carbons (Fsp3) is 0.227. The van der Waals surface area contributed by atoms with Crippen molar-refractivity contribution in [2.45, 2.75) is 26.4 Å². The number of H-pyrrole nitrogens is 1. The van der Waals surface area contributed by atoms with Gasteiger partial charge in [0.2, 0.25) is 5.91 Å². The summed E-state index contributed by atoms with van der Waals surface area (Å²) in [6.45, 7) is 4.12. The second-order valence-corrected chi connectivity index (χ2v) is 6.84. The number of benzene rings is 2. The molecule has 1 heterocycles. The first-order valence-electron chi connectivity index (χ1n) is 9.06. The molecule has 3 nitrogen and oxygen atoms in total. The fourth-order valence-electron chi connectivity index (χ4n) is 3.28. The monoisotopic (exact) mass is 404 g/mol. The number of aromatic amines is 1. The summed E-state index contributed by atoms with van der Waals surface area (Å²) in [6, 6.07) is 7.70. The standard InChI is InChI=1S/C22H20F4N2O/c1-13-3-9-18(23)21-20(13)17(14(2)28-21)11-12-27-19(29)10-6-15-4-7-16(8-5-15)22(24,25)26/h3-10,28H,11-12H2,1-2H3,(H,27,29). The second kappa shape index (κ2) is 8.11. The molecular formula is C22H20F4N2O. The van der Waals surface area contributed by atoms with Gasteiger partial charge in [0, 0.05) is 23.7 Å². The van der Waals surface area contributed by atoms with Gasteiger partial charge in [0.05, 0.1) is 11.1 Å². The quantitative estimate of drug-likeness (QED) is 0.439. The van der Waals surface area contributed by atoms with Crippen molar-refractivity contribution in [2.24, 2.45) is 0 Å². The highest BCUT2D eigenvalue weighted by Gasteiger charge is 2.29. The van der Waals surface area contributed by atoms with Crippen molar-refractivity contribution >= 4 is 22.9 Å². The van der Waals surface area contributed by atoms with Gasteiger partial charge in [0.1, 0.15) is 5.82 Å². The Morgan fingerprint density at radius 2 is 1.79 bits per heavy atom. The number of carbonyl (C=O) groups excluding carboxylic acids is 1. The molecule has 0 saturated carbocycles. The molecule has 1 amide bonds. The Hall–Kier alpha value is -3.09. The van der Waals surface area contributed by atoms with E-state index in [4.69, 9.17) is 0 Å². The Bertz CT molecular complexity index is 1060. The number of alkyl halides is 3. The third kappa shape index (κ3) is 4.67. The average Bonchev–Trinajstić information content (AvgIpc) is 3.00. The van der Waals surface area contributed by atoms with Gasteiger partial charge in [0.25, 0.3) is 0 Å². The zero-order valence-electron chi connectivity index (χ0n) is 16.0. The highest BCUT2D eigenvalue weighted by atomic mass is 19.4. The molecule has 0 atom stereocenters. The lowest BCUT2D eigenvalue weighted by Gasteiger charge is -2.06. The molecule has 0 spiro atoms. The summed E-state index contributed by atoms with van der Waals surface area (Å²) in [6.07, 6.45) is -1.14. The van der Waals surface area contributed by atoms with E-state index in [1.54, 1.807) is 6.07 Å². The van der Waals surface area contributed by atoms with E-state index in [-0.39, 0.29) is 11.7 Å². The maximum Gasteiger partial charge on any atom is 0.416 e. The molecule has 152 valence electrons. The van der Waals surface area contributed by atoms with Gasteiger partial charge in [-0.1, -0.05) is 18.2 Å². The summed E-state index contributed by atoms with van der Waals surface area (Å²) in [4.78, 5) is 15.0. The summed E-state index contributed by atoms with van der Waals surface area (Å²) in [7, 11) is 0. The number of aromatic nitrogens is 1. The van der Waals surface area contributed by atoms with Gasteiger partial charge in [-0.25, -0.2) is 4.39 Å². The number of amides is 1. The summed E-state index contributed by atoms with van der Waals surface area (Å²) in [5.74, 6) is -0.672. The zero-order valence-corrected chi connectivity index (χ0v) is 16.0. The van der Waals surface area contributed by atoms with Crippen molar-refractivity contribution in [1.29, 1.82) is 0 Å². The molecule has 29 heavy (non-hydrogen) atoms. The lowest BCUT2D eigenvalue weighted by Crippen LogP contribution is -2.23. The van der Waals surface area contributed by atoms with Crippen LogP contribution < -0.4 is 5.32 Å². The van der Waals surface area contributed by atoms with E-state index in [2.05, 4.69) is 10.3 Å². The van der Waals surface area contributed by atoms with Gasteiger partial charge in [-0.2, -0.15) is 13.2 Å². The Labute approximate surface area is 165 Å². The van der Waals surface area contributed by atoms with Crippen LogP contribution >= 0.6 is 0 Å². The molecular weight excluding hydrogens is 384 g/mol. The van der Waals surface area contributed by atoms with E-state index in [1.165, 1.54) is 30.4 Å². The third-order valence-electron chi connectivity index (χ3n) is 4.77. The molecule has 2 aromatic carbocycles. The first kappa shape index (κ1) is 20.6. The number of rotatable bonds is 5. The molecule has 7 heteroatoms. The molecule has 0 fully saturated rings. The minimum Gasteiger partial charge on any atom is -0.356 e. The molecule has 0 aliphatic rings. The van der Waals surface area contributed by atoms with Crippen LogP contribution in [0.15, 0.2) is 42.5 Å². The van der Waals surface area contributed by atoms with Gasteiger partial charge < -0.3 is 10.3 Å². The third-order valence-corrected chi connectivity index (χ3v) is 4.77. The average molecular weight is 404 g/mol. The van der Waals surface area contributed by atoms with Crippen LogP contribution in [0, 0.1) is 19.7 Å². The number of hydrogen-bond acceptors (Lipinski definition) is 1. The minimum atomic E-state index is -4.39. The van der Waals surface area contributed by atoms with Crippen molar-refractivity contribution in [1.82, 2.24) is 10.3 Å². The van der Waals surface area contributed by atoms with E-state index in [0.717, 1.165) is 34.3 Å². The zero-order chi connectivity index (χ0) is 21.2. The van der Waals surface area contributed by atoms with Crippen LogP contribution in [0.25, 0.3) is 17.0 Å². The molecule has 1 aromatic heterocycles. The van der Waals surface area contributed by atoms with Crippen LogP contribution in [0.2, 0.25) is 0 Å².